The van der Waals surface area contributed by atoms with Crippen LogP contribution in [0, 0.1) is 26.1 Å². The zero-order valence-electron chi connectivity index (χ0n) is 21.6. The largest absolute Gasteiger partial charge is 0.480 e. The lowest BCUT2D eigenvalue weighted by Crippen LogP contribution is -2.47. The molecule has 16 nitrogen and oxygen atoms in total. The number of carbonyl (C=O) groups excluding carboxylic acids is 1. The van der Waals surface area contributed by atoms with Crippen LogP contribution in [0.4, 0.5) is 0 Å². The summed E-state index contributed by atoms with van der Waals surface area (Å²) in [4.78, 5) is 56.3. The number of hydrogen-bond acceptors (Lipinski definition) is 11. The van der Waals surface area contributed by atoms with E-state index in [9.17, 15) is 34.9 Å². The Morgan fingerprint density at radius 3 is 2.27 bits per heavy atom. The van der Waals surface area contributed by atoms with E-state index in [0.717, 1.165) is 16.7 Å². The van der Waals surface area contributed by atoms with Crippen LogP contribution in [0.3, 0.4) is 0 Å². The average Bonchev–Trinajstić information content (AvgIpc) is 3.44. The summed E-state index contributed by atoms with van der Waals surface area (Å²) in [6.45, 7) is 2.48. The second-order valence-corrected chi connectivity index (χ2v) is 9.04. The van der Waals surface area contributed by atoms with E-state index in [1.165, 1.54) is 4.90 Å². The van der Waals surface area contributed by atoms with Gasteiger partial charge in [0.2, 0.25) is 11.7 Å². The van der Waals surface area contributed by atoms with E-state index in [1.54, 1.807) is 26.0 Å². The van der Waals surface area contributed by atoms with Crippen LogP contribution in [0.2, 0.25) is 0 Å². The third kappa shape index (κ3) is 7.92. The molecule has 0 aliphatic rings. The second kappa shape index (κ2) is 13.6. The molecule has 0 saturated heterocycles. The van der Waals surface area contributed by atoms with Crippen LogP contribution >= 0.6 is 0 Å². The number of rotatable bonds is 15. The van der Waals surface area contributed by atoms with Crippen molar-refractivity contribution < 1.29 is 34.5 Å². The fourth-order valence-electron chi connectivity index (χ4n) is 4.17. The van der Waals surface area contributed by atoms with E-state index in [4.69, 9.17) is 0 Å². The standard InChI is InChI=1S/C24H27N7O9/c1-15(2)22(24(33)34)29(21(32)12-11-18(40-31(37)38)14-39-30(35)36)13-16-7-9-17(10-8-16)19-5-3-4-6-20(19)23-25-27-28-26-23/h3-10,15,18,22H,11-14H2,1-2H3,(H,33,34)(H,25,26,27,28)/t18?,22-/m0/s1. The lowest BCUT2D eigenvalue weighted by atomic mass is 9.97. The molecule has 0 bridgehead atoms. The molecule has 0 radical (unpaired) electrons. The number of aromatic amines is 1. The highest BCUT2D eigenvalue weighted by molar-refractivity contribution is 5.84. The number of carboxylic acid groups (broad SMARTS) is 1. The summed E-state index contributed by atoms with van der Waals surface area (Å²) in [7, 11) is 0. The van der Waals surface area contributed by atoms with Gasteiger partial charge in [0.25, 0.3) is 10.2 Å². The lowest BCUT2D eigenvalue weighted by Gasteiger charge is -2.32. The van der Waals surface area contributed by atoms with Gasteiger partial charge in [-0.3, -0.25) is 4.79 Å². The quantitative estimate of drug-likeness (QED) is 0.203. The Morgan fingerprint density at radius 2 is 1.73 bits per heavy atom. The highest BCUT2D eigenvalue weighted by Crippen LogP contribution is 2.30. The molecule has 3 aromatic rings. The van der Waals surface area contributed by atoms with Crippen molar-refractivity contribution in [3.8, 4) is 22.5 Å². The lowest BCUT2D eigenvalue weighted by molar-refractivity contribution is -0.790. The molecule has 3 rings (SSSR count). The molecule has 0 saturated carbocycles. The summed E-state index contributed by atoms with van der Waals surface area (Å²) in [5.74, 6) is -1.89. The van der Waals surface area contributed by atoms with Gasteiger partial charge < -0.3 is 19.7 Å². The van der Waals surface area contributed by atoms with Crippen LogP contribution in [-0.2, 0) is 25.8 Å². The van der Waals surface area contributed by atoms with E-state index in [1.807, 2.05) is 36.4 Å². The first-order valence-corrected chi connectivity index (χ1v) is 12.1. The third-order valence-corrected chi connectivity index (χ3v) is 5.95. The van der Waals surface area contributed by atoms with Crippen molar-refractivity contribution in [3.05, 3.63) is 74.3 Å². The summed E-state index contributed by atoms with van der Waals surface area (Å²) in [6.07, 6.45) is -2.07. The van der Waals surface area contributed by atoms with Crippen LogP contribution in [-0.4, -0.2) is 71.4 Å². The van der Waals surface area contributed by atoms with Gasteiger partial charge in [-0.25, -0.2) is 4.79 Å². The van der Waals surface area contributed by atoms with E-state index >= 15 is 0 Å². The van der Waals surface area contributed by atoms with E-state index in [0.29, 0.717) is 11.4 Å². The zero-order chi connectivity index (χ0) is 29.2. The first kappa shape index (κ1) is 29.4. The summed E-state index contributed by atoms with van der Waals surface area (Å²) in [5, 5.41) is 42.9. The van der Waals surface area contributed by atoms with Crippen molar-refractivity contribution in [1.82, 2.24) is 25.5 Å². The Kier molecular flexibility index (Phi) is 9.99. The number of carbonyl (C=O) groups is 2. The number of carboxylic acids is 1. The molecule has 0 aliphatic heterocycles. The van der Waals surface area contributed by atoms with Crippen LogP contribution in [0.1, 0.15) is 32.3 Å². The van der Waals surface area contributed by atoms with Gasteiger partial charge in [-0.15, -0.1) is 30.4 Å². The summed E-state index contributed by atoms with van der Waals surface area (Å²) < 4.78 is 0. The molecule has 1 unspecified atom stereocenters. The van der Waals surface area contributed by atoms with E-state index in [2.05, 4.69) is 30.3 Å². The maximum Gasteiger partial charge on any atom is 0.326 e. The predicted molar refractivity (Wildman–Crippen MR) is 136 cm³/mol. The van der Waals surface area contributed by atoms with Crippen LogP contribution in [0.25, 0.3) is 22.5 Å². The normalized spacial score (nSPS) is 12.4. The van der Waals surface area contributed by atoms with Gasteiger partial charge in [0.15, 0.2) is 0 Å². The molecule has 0 fully saturated rings. The first-order valence-electron chi connectivity index (χ1n) is 12.1. The number of amides is 1. The molecule has 1 amide bonds. The Labute approximate surface area is 227 Å². The second-order valence-electron chi connectivity index (χ2n) is 9.04. The topological polar surface area (TPSA) is 217 Å². The Hall–Kier alpha value is -5.15. The van der Waals surface area contributed by atoms with Crippen molar-refractivity contribution >= 4 is 11.9 Å². The monoisotopic (exact) mass is 557 g/mol. The molecule has 2 N–H and O–H groups in total. The van der Waals surface area contributed by atoms with Crippen molar-refractivity contribution in [2.24, 2.45) is 5.92 Å². The number of aliphatic carboxylic acids is 1. The van der Waals surface area contributed by atoms with Crippen molar-refractivity contribution in [3.63, 3.8) is 0 Å². The molecule has 2 atom stereocenters. The number of benzene rings is 2. The van der Waals surface area contributed by atoms with Crippen LogP contribution < -0.4 is 0 Å². The maximum absolute atomic E-state index is 13.2. The van der Waals surface area contributed by atoms with E-state index in [-0.39, 0.29) is 19.4 Å². The molecule has 1 heterocycles. The smallest absolute Gasteiger partial charge is 0.326 e. The molecule has 16 heteroatoms. The fourth-order valence-corrected chi connectivity index (χ4v) is 4.17. The molecular weight excluding hydrogens is 530 g/mol. The number of tetrazole rings is 1. The summed E-state index contributed by atoms with van der Waals surface area (Å²) in [6, 6.07) is 13.4. The molecular formula is C24H27N7O9. The number of nitrogens with zero attached hydrogens (tertiary/aromatic N) is 6. The molecule has 212 valence electrons. The fraction of sp³-hybridized carbons (Fsp3) is 0.375. The number of hydrogen-bond donors (Lipinski definition) is 2. The Balaban J connectivity index is 1.81. The van der Waals surface area contributed by atoms with Gasteiger partial charge in [-0.1, -0.05) is 62.4 Å². The third-order valence-electron chi connectivity index (χ3n) is 5.95. The average molecular weight is 558 g/mol. The first-order chi connectivity index (χ1) is 19.1. The highest BCUT2D eigenvalue weighted by atomic mass is 17.0. The Morgan fingerprint density at radius 1 is 1.05 bits per heavy atom. The van der Waals surface area contributed by atoms with Crippen molar-refractivity contribution in [2.45, 2.75) is 45.4 Å². The molecule has 40 heavy (non-hydrogen) atoms. The van der Waals surface area contributed by atoms with Gasteiger partial charge >= 0.3 is 5.97 Å². The minimum absolute atomic E-state index is 0.0626. The summed E-state index contributed by atoms with van der Waals surface area (Å²) in [5.41, 5.74) is 3.05. The summed E-state index contributed by atoms with van der Waals surface area (Å²) >= 11 is 0. The predicted octanol–water partition coefficient (Wildman–Crippen LogP) is 2.54. The zero-order valence-corrected chi connectivity index (χ0v) is 21.6. The SMILES string of the molecule is CC(C)[C@@H](C(=O)O)N(Cc1ccc(-c2ccccc2-c2nn[nH]n2)cc1)C(=O)CCC(CO[N+](=O)[O-])O[N+](=O)[O-]. The number of nitrogens with one attached hydrogen (secondary N) is 1. The molecule has 2 aromatic carbocycles. The molecule has 0 aliphatic carbocycles. The number of aromatic nitrogens is 4. The molecule has 1 aromatic heterocycles. The van der Waals surface area contributed by atoms with Gasteiger partial charge in [-0.05, 0) is 34.2 Å². The van der Waals surface area contributed by atoms with Crippen molar-refractivity contribution in [2.75, 3.05) is 6.61 Å². The van der Waals surface area contributed by atoms with Gasteiger partial charge in [-0.2, -0.15) is 5.21 Å². The highest BCUT2D eigenvalue weighted by Gasteiger charge is 2.33. The van der Waals surface area contributed by atoms with Crippen LogP contribution in [0.15, 0.2) is 48.5 Å². The Bertz CT molecular complexity index is 1320. The van der Waals surface area contributed by atoms with Crippen molar-refractivity contribution in [1.29, 1.82) is 0 Å². The maximum atomic E-state index is 13.2. The molecule has 0 spiro atoms. The number of H-pyrrole nitrogens is 1. The minimum Gasteiger partial charge on any atom is -0.480 e. The van der Waals surface area contributed by atoms with E-state index < -0.39 is 46.7 Å². The van der Waals surface area contributed by atoms with Crippen LogP contribution in [0.5, 0.6) is 0 Å². The minimum atomic E-state index is -1.40. The van der Waals surface area contributed by atoms with Gasteiger partial charge in [0, 0.05) is 18.5 Å². The van der Waals surface area contributed by atoms with Gasteiger partial charge in [0.1, 0.15) is 18.8 Å². The van der Waals surface area contributed by atoms with Gasteiger partial charge in [0.05, 0.1) is 0 Å².